The van der Waals surface area contributed by atoms with Crippen LogP contribution in [0.1, 0.15) is 55.2 Å². The Balaban J connectivity index is 1.59. The molecule has 6 heteroatoms. The van der Waals surface area contributed by atoms with Gasteiger partial charge in [0.25, 0.3) is 0 Å². The summed E-state index contributed by atoms with van der Waals surface area (Å²) in [6, 6.07) is 10.0. The van der Waals surface area contributed by atoms with Crippen molar-refractivity contribution < 1.29 is 9.59 Å². The van der Waals surface area contributed by atoms with E-state index in [1.54, 1.807) is 11.3 Å². The molecule has 1 unspecified atom stereocenters. The van der Waals surface area contributed by atoms with Gasteiger partial charge in [0.05, 0.1) is 6.04 Å². The van der Waals surface area contributed by atoms with Crippen LogP contribution in [0.5, 0.6) is 0 Å². The minimum atomic E-state index is -0.115. The Morgan fingerprint density at radius 1 is 1.21 bits per heavy atom. The van der Waals surface area contributed by atoms with Crippen LogP contribution < -0.4 is 0 Å². The average Bonchev–Trinajstić information content (AvgIpc) is 3.41. The molecule has 0 N–H and O–H groups in total. The smallest absolute Gasteiger partial charge is 0.243 e. The summed E-state index contributed by atoms with van der Waals surface area (Å²) in [5, 5.41) is 2.79. The largest absolute Gasteiger partial charge is 0.330 e. The van der Waals surface area contributed by atoms with Crippen molar-refractivity contribution in [2.45, 2.75) is 51.6 Å². The molecule has 0 spiro atoms. The van der Waals surface area contributed by atoms with E-state index in [0.717, 1.165) is 24.8 Å². The van der Waals surface area contributed by atoms with Gasteiger partial charge in [0.2, 0.25) is 11.8 Å². The predicted molar refractivity (Wildman–Crippen MR) is 117 cm³/mol. The van der Waals surface area contributed by atoms with E-state index in [2.05, 4.69) is 11.4 Å². The summed E-state index contributed by atoms with van der Waals surface area (Å²) in [7, 11) is 0. The van der Waals surface area contributed by atoms with Gasteiger partial charge >= 0.3 is 0 Å². The number of carbonyl (C=O) groups is 2. The highest BCUT2D eigenvalue weighted by Crippen LogP contribution is 2.38. The number of fused-ring (bicyclic) bond motifs is 1. The monoisotopic (exact) mass is 430 g/mol. The second-order valence-electron chi connectivity index (χ2n) is 8.44. The fourth-order valence-electron chi connectivity index (χ4n) is 4.10. The standard InChI is InChI=1S/C23H27ClN2O2S/c1-15(2)13-21(27)26(18-7-8-18)14-22(28)25-11-9-20-19(10-12-29-20)23(25)16-3-5-17(24)6-4-16/h3-6,10,12,15,18,23H,7-9,11,13-14H2,1-2H3. The molecular formula is C23H27ClN2O2S. The van der Waals surface area contributed by atoms with Crippen molar-refractivity contribution in [2.24, 2.45) is 5.92 Å². The predicted octanol–water partition coefficient (Wildman–Crippen LogP) is 4.91. The molecule has 2 heterocycles. The van der Waals surface area contributed by atoms with E-state index in [-0.39, 0.29) is 30.4 Å². The van der Waals surface area contributed by atoms with Crippen molar-refractivity contribution in [3.8, 4) is 0 Å². The first-order chi connectivity index (χ1) is 13.9. The van der Waals surface area contributed by atoms with E-state index in [9.17, 15) is 9.59 Å². The molecule has 0 radical (unpaired) electrons. The van der Waals surface area contributed by atoms with Gasteiger partial charge in [0.15, 0.2) is 0 Å². The van der Waals surface area contributed by atoms with Crippen LogP contribution in [-0.4, -0.2) is 40.7 Å². The summed E-state index contributed by atoms with van der Waals surface area (Å²) in [6.07, 6.45) is 3.38. The topological polar surface area (TPSA) is 40.6 Å². The maximum atomic E-state index is 13.4. The first kappa shape index (κ1) is 20.4. The van der Waals surface area contributed by atoms with Gasteiger partial charge in [-0.2, -0.15) is 0 Å². The normalized spacial score (nSPS) is 18.6. The van der Waals surface area contributed by atoms with E-state index in [4.69, 9.17) is 11.6 Å². The van der Waals surface area contributed by atoms with Crippen molar-refractivity contribution in [1.82, 2.24) is 9.80 Å². The number of nitrogens with zero attached hydrogens (tertiary/aromatic N) is 2. The minimum absolute atomic E-state index is 0.0332. The van der Waals surface area contributed by atoms with Gasteiger partial charge in [-0.3, -0.25) is 9.59 Å². The molecule has 4 nitrogen and oxygen atoms in total. The average molecular weight is 431 g/mol. The van der Waals surface area contributed by atoms with Gasteiger partial charge in [0, 0.05) is 28.9 Å². The highest BCUT2D eigenvalue weighted by molar-refractivity contribution is 7.10. The number of amides is 2. The molecule has 2 amide bonds. The summed E-state index contributed by atoms with van der Waals surface area (Å²) in [5.74, 6) is 0.432. The number of hydrogen-bond acceptors (Lipinski definition) is 3. The molecule has 1 fully saturated rings. The molecule has 154 valence electrons. The number of benzene rings is 1. The molecule has 1 aromatic carbocycles. The summed E-state index contributed by atoms with van der Waals surface area (Å²) in [4.78, 5) is 31.3. The molecule has 2 aromatic rings. The molecule has 0 bridgehead atoms. The van der Waals surface area contributed by atoms with Gasteiger partial charge in [-0.05, 0) is 59.9 Å². The summed E-state index contributed by atoms with van der Waals surface area (Å²) in [5.41, 5.74) is 2.26. The number of halogens is 1. The molecule has 1 aliphatic heterocycles. The van der Waals surface area contributed by atoms with Crippen molar-refractivity contribution in [1.29, 1.82) is 0 Å². The lowest BCUT2D eigenvalue weighted by Crippen LogP contribution is -2.47. The van der Waals surface area contributed by atoms with Gasteiger partial charge in [-0.15, -0.1) is 11.3 Å². The van der Waals surface area contributed by atoms with E-state index >= 15 is 0 Å². The van der Waals surface area contributed by atoms with Crippen LogP contribution in [0.3, 0.4) is 0 Å². The fourth-order valence-corrected chi connectivity index (χ4v) is 5.13. The van der Waals surface area contributed by atoms with Crippen LogP contribution in [0.25, 0.3) is 0 Å². The highest BCUT2D eigenvalue weighted by Gasteiger charge is 2.38. The zero-order chi connectivity index (χ0) is 20.5. The molecular weight excluding hydrogens is 404 g/mol. The van der Waals surface area contributed by atoms with Gasteiger partial charge in [0.1, 0.15) is 6.54 Å². The second kappa shape index (κ2) is 8.49. The zero-order valence-electron chi connectivity index (χ0n) is 16.9. The van der Waals surface area contributed by atoms with Crippen molar-refractivity contribution in [3.63, 3.8) is 0 Å². The number of carbonyl (C=O) groups excluding carboxylic acids is 2. The van der Waals surface area contributed by atoms with E-state index in [0.29, 0.717) is 23.9 Å². The molecule has 2 aliphatic rings. The fraction of sp³-hybridized carbons (Fsp3) is 0.478. The Bertz CT molecular complexity index is 889. The van der Waals surface area contributed by atoms with Crippen LogP contribution in [0.4, 0.5) is 0 Å². The highest BCUT2D eigenvalue weighted by atomic mass is 35.5. The lowest BCUT2D eigenvalue weighted by molar-refractivity contribution is -0.142. The Morgan fingerprint density at radius 2 is 1.93 bits per heavy atom. The Labute approximate surface area is 181 Å². The van der Waals surface area contributed by atoms with E-state index in [1.807, 2.05) is 47.9 Å². The minimum Gasteiger partial charge on any atom is -0.330 e. The van der Waals surface area contributed by atoms with Crippen LogP contribution >= 0.6 is 22.9 Å². The zero-order valence-corrected chi connectivity index (χ0v) is 18.5. The van der Waals surface area contributed by atoms with Crippen LogP contribution in [0, 0.1) is 5.92 Å². The number of thiophene rings is 1. The number of rotatable bonds is 6. The van der Waals surface area contributed by atoms with Crippen LogP contribution in [0.2, 0.25) is 5.02 Å². The molecule has 4 rings (SSSR count). The molecule has 0 saturated heterocycles. The van der Waals surface area contributed by atoms with E-state index in [1.165, 1.54) is 10.4 Å². The third kappa shape index (κ3) is 4.51. The van der Waals surface area contributed by atoms with Gasteiger partial charge in [-0.1, -0.05) is 37.6 Å². The Morgan fingerprint density at radius 3 is 2.59 bits per heavy atom. The first-order valence-corrected chi connectivity index (χ1v) is 11.6. The van der Waals surface area contributed by atoms with E-state index < -0.39 is 0 Å². The maximum Gasteiger partial charge on any atom is 0.243 e. The SMILES string of the molecule is CC(C)CC(=O)N(CC(=O)N1CCc2sccc2C1c1ccc(Cl)cc1)C1CC1. The van der Waals surface area contributed by atoms with Crippen LogP contribution in [-0.2, 0) is 16.0 Å². The van der Waals surface area contributed by atoms with Gasteiger partial charge in [-0.25, -0.2) is 0 Å². The molecule has 1 aromatic heterocycles. The maximum absolute atomic E-state index is 13.4. The third-order valence-electron chi connectivity index (χ3n) is 5.67. The van der Waals surface area contributed by atoms with Crippen molar-refractivity contribution in [2.75, 3.05) is 13.1 Å². The summed E-state index contributed by atoms with van der Waals surface area (Å²) < 4.78 is 0. The lowest BCUT2D eigenvalue weighted by Gasteiger charge is -2.37. The molecule has 1 saturated carbocycles. The first-order valence-electron chi connectivity index (χ1n) is 10.3. The number of hydrogen-bond donors (Lipinski definition) is 0. The van der Waals surface area contributed by atoms with Crippen LogP contribution in [0.15, 0.2) is 35.7 Å². The van der Waals surface area contributed by atoms with Gasteiger partial charge < -0.3 is 9.80 Å². The lowest BCUT2D eigenvalue weighted by atomic mass is 9.93. The molecule has 1 atom stereocenters. The summed E-state index contributed by atoms with van der Waals surface area (Å²) in [6.45, 7) is 4.95. The molecule has 1 aliphatic carbocycles. The third-order valence-corrected chi connectivity index (χ3v) is 6.92. The quantitative estimate of drug-likeness (QED) is 0.653. The second-order valence-corrected chi connectivity index (χ2v) is 9.88. The molecule has 29 heavy (non-hydrogen) atoms. The summed E-state index contributed by atoms with van der Waals surface area (Å²) >= 11 is 7.85. The van der Waals surface area contributed by atoms with Crippen molar-refractivity contribution in [3.05, 3.63) is 56.7 Å². The Kier molecular flexibility index (Phi) is 5.98. The Hall–Kier alpha value is -1.85. The van der Waals surface area contributed by atoms with Crippen molar-refractivity contribution >= 4 is 34.8 Å².